The predicted octanol–water partition coefficient (Wildman–Crippen LogP) is 5.55. The summed E-state index contributed by atoms with van der Waals surface area (Å²) < 4.78 is 23.1. The lowest BCUT2D eigenvalue weighted by Gasteiger charge is -2.26. The van der Waals surface area contributed by atoms with Crippen LogP contribution < -0.4 is 18.9 Å². The number of rotatable bonds is 5. The maximum atomic E-state index is 12.8. The molecule has 6 nitrogen and oxygen atoms in total. The highest BCUT2D eigenvalue weighted by molar-refractivity contribution is 6.13. The number of ketones is 1. The van der Waals surface area contributed by atoms with Gasteiger partial charge in [-0.25, -0.2) is 0 Å². The molecule has 1 atom stereocenters. The summed E-state index contributed by atoms with van der Waals surface area (Å²) in [5.41, 5.74) is 5.49. The number of carbonyl (C=O) groups excluding carboxylic acids is 2. The van der Waals surface area contributed by atoms with E-state index < -0.39 is 0 Å². The highest BCUT2D eigenvalue weighted by atomic mass is 16.5. The van der Waals surface area contributed by atoms with Crippen LogP contribution >= 0.6 is 0 Å². The summed E-state index contributed by atoms with van der Waals surface area (Å²) in [6, 6.07) is 17.4. The first-order valence-corrected chi connectivity index (χ1v) is 12.2. The number of esters is 1. The smallest absolute Gasteiger partial charge is 0.312 e. The number of allylic oxidation sites excluding steroid dienone is 2. The third-order valence-electron chi connectivity index (χ3n) is 6.90. The first kappa shape index (κ1) is 22.4. The first-order chi connectivity index (χ1) is 17.5. The normalized spacial score (nSPS) is 17.5. The zero-order valence-corrected chi connectivity index (χ0v) is 20.3. The second kappa shape index (κ2) is 8.86. The minimum atomic E-state index is -0.306. The van der Waals surface area contributed by atoms with Gasteiger partial charge < -0.3 is 18.9 Å². The minimum absolute atomic E-state index is 0.136. The van der Waals surface area contributed by atoms with Crippen molar-refractivity contribution in [2.75, 3.05) is 13.2 Å². The Bertz CT molecular complexity index is 1410. The molecule has 0 saturated carbocycles. The molecule has 0 unspecified atom stereocenters. The molecule has 0 saturated heterocycles. The van der Waals surface area contributed by atoms with Gasteiger partial charge in [0.25, 0.3) is 0 Å². The van der Waals surface area contributed by atoms with Crippen LogP contribution in [0.25, 0.3) is 0 Å². The van der Waals surface area contributed by atoms with Crippen LogP contribution in [0.2, 0.25) is 0 Å². The van der Waals surface area contributed by atoms with E-state index in [2.05, 4.69) is 12.1 Å². The van der Waals surface area contributed by atoms with Crippen molar-refractivity contribution in [2.45, 2.75) is 39.0 Å². The summed E-state index contributed by atoms with van der Waals surface area (Å²) in [5, 5.41) is 0. The van der Waals surface area contributed by atoms with Crippen molar-refractivity contribution < 1.29 is 28.5 Å². The molecule has 0 amide bonds. The molecule has 6 rings (SSSR count). The molecular weight excluding hydrogens is 456 g/mol. The van der Waals surface area contributed by atoms with E-state index in [1.807, 2.05) is 44.2 Å². The summed E-state index contributed by atoms with van der Waals surface area (Å²) in [4.78, 5) is 25.2. The largest absolute Gasteiger partial charge is 0.493 e. The molecule has 3 aromatic carbocycles. The summed E-state index contributed by atoms with van der Waals surface area (Å²) in [6.07, 6.45) is 1.94. The fourth-order valence-corrected chi connectivity index (χ4v) is 5.09. The number of benzene rings is 3. The lowest BCUT2D eigenvalue weighted by molar-refractivity contribution is -0.135. The average Bonchev–Trinajstić information content (AvgIpc) is 3.48. The maximum Gasteiger partial charge on any atom is 0.312 e. The van der Waals surface area contributed by atoms with E-state index in [0.29, 0.717) is 29.4 Å². The van der Waals surface area contributed by atoms with Crippen molar-refractivity contribution in [1.29, 1.82) is 0 Å². The number of hydrogen-bond donors (Lipinski definition) is 0. The van der Waals surface area contributed by atoms with E-state index >= 15 is 0 Å². The number of carbonyl (C=O) groups is 2. The molecule has 182 valence electrons. The SMILES string of the molecule is CC(C)=C1Oc2c(ccc3c2[C@@H](c2ccc(OCCc4ccc5c(c4)CCO5)cc2)CC(=O)O3)C1=O. The van der Waals surface area contributed by atoms with Crippen LogP contribution in [0, 0.1) is 0 Å². The Morgan fingerprint density at radius 2 is 1.78 bits per heavy atom. The molecule has 0 bridgehead atoms. The van der Waals surface area contributed by atoms with E-state index in [0.717, 1.165) is 47.6 Å². The second-order valence-corrected chi connectivity index (χ2v) is 9.55. The summed E-state index contributed by atoms with van der Waals surface area (Å²) >= 11 is 0. The van der Waals surface area contributed by atoms with Gasteiger partial charge in [0.1, 0.15) is 23.0 Å². The topological polar surface area (TPSA) is 71.1 Å². The zero-order valence-electron chi connectivity index (χ0n) is 20.3. The highest BCUT2D eigenvalue weighted by Gasteiger charge is 2.38. The fraction of sp³-hybridized carbons (Fsp3) is 0.267. The minimum Gasteiger partial charge on any atom is -0.493 e. The third kappa shape index (κ3) is 3.92. The maximum absolute atomic E-state index is 12.8. The molecule has 3 aliphatic rings. The molecule has 0 aromatic heterocycles. The lowest BCUT2D eigenvalue weighted by Crippen LogP contribution is -2.21. The van der Waals surface area contributed by atoms with Crippen LogP contribution in [0.4, 0.5) is 0 Å². The van der Waals surface area contributed by atoms with Gasteiger partial charge in [-0.05, 0) is 66.4 Å². The molecule has 0 aliphatic carbocycles. The van der Waals surface area contributed by atoms with Crippen molar-refractivity contribution in [1.82, 2.24) is 0 Å². The molecule has 0 spiro atoms. The Hall–Kier alpha value is -4.06. The van der Waals surface area contributed by atoms with E-state index in [1.165, 1.54) is 11.1 Å². The van der Waals surface area contributed by atoms with Gasteiger partial charge in [0.2, 0.25) is 5.78 Å². The van der Waals surface area contributed by atoms with Gasteiger partial charge >= 0.3 is 5.97 Å². The number of Topliss-reactive ketones (excluding diaryl/α,β-unsaturated/α-hetero) is 1. The molecule has 0 N–H and O–H groups in total. The number of hydrogen-bond acceptors (Lipinski definition) is 6. The molecule has 3 aromatic rings. The Balaban J connectivity index is 1.21. The number of ether oxygens (including phenoxy) is 4. The van der Waals surface area contributed by atoms with Crippen LogP contribution in [0.1, 0.15) is 58.8 Å². The summed E-state index contributed by atoms with van der Waals surface area (Å²) in [5.74, 6) is 2.31. The highest BCUT2D eigenvalue weighted by Crippen LogP contribution is 2.49. The van der Waals surface area contributed by atoms with Crippen LogP contribution in [-0.2, 0) is 17.6 Å². The van der Waals surface area contributed by atoms with Crippen molar-refractivity contribution >= 4 is 11.8 Å². The Morgan fingerprint density at radius 1 is 0.972 bits per heavy atom. The Morgan fingerprint density at radius 3 is 2.58 bits per heavy atom. The molecule has 3 heterocycles. The van der Waals surface area contributed by atoms with Gasteiger partial charge in [-0.2, -0.15) is 0 Å². The standard InChI is InChI=1S/C30H26O6/c1-17(2)29-28(32)22-8-10-25-27(30(22)36-29)23(16-26(31)35-25)19-4-6-21(7-5-19)33-13-11-18-3-9-24-20(15-18)12-14-34-24/h3-10,15,23H,11-14,16H2,1-2H3/t23-/m1/s1. The van der Waals surface area contributed by atoms with E-state index in [-0.39, 0.29) is 24.1 Å². The van der Waals surface area contributed by atoms with E-state index in [9.17, 15) is 9.59 Å². The van der Waals surface area contributed by atoms with E-state index in [1.54, 1.807) is 12.1 Å². The Kier molecular flexibility index (Phi) is 5.52. The van der Waals surface area contributed by atoms with Gasteiger partial charge in [-0.15, -0.1) is 0 Å². The summed E-state index contributed by atoms with van der Waals surface area (Å²) in [7, 11) is 0. The molecule has 6 heteroatoms. The first-order valence-electron chi connectivity index (χ1n) is 12.2. The van der Waals surface area contributed by atoms with Crippen molar-refractivity contribution in [3.8, 4) is 23.0 Å². The quantitative estimate of drug-likeness (QED) is 0.270. The molecular formula is C30H26O6. The molecule has 3 aliphatic heterocycles. The van der Waals surface area contributed by atoms with Gasteiger partial charge in [0.15, 0.2) is 5.76 Å². The monoisotopic (exact) mass is 482 g/mol. The van der Waals surface area contributed by atoms with Crippen LogP contribution in [0.15, 0.2) is 65.9 Å². The molecule has 0 radical (unpaired) electrons. The zero-order chi connectivity index (χ0) is 24.8. The number of fused-ring (bicyclic) bond motifs is 4. The Labute approximate surface area is 209 Å². The van der Waals surface area contributed by atoms with Crippen molar-refractivity contribution in [3.63, 3.8) is 0 Å². The average molecular weight is 483 g/mol. The van der Waals surface area contributed by atoms with Gasteiger partial charge in [0, 0.05) is 24.3 Å². The summed E-state index contributed by atoms with van der Waals surface area (Å²) in [6.45, 7) is 5.01. The van der Waals surface area contributed by atoms with E-state index in [4.69, 9.17) is 18.9 Å². The van der Waals surface area contributed by atoms with Gasteiger partial charge in [-0.3, -0.25) is 9.59 Å². The van der Waals surface area contributed by atoms with Crippen molar-refractivity contribution in [3.05, 3.63) is 93.7 Å². The van der Waals surface area contributed by atoms with Crippen LogP contribution in [0.5, 0.6) is 23.0 Å². The van der Waals surface area contributed by atoms with Crippen LogP contribution in [0.3, 0.4) is 0 Å². The van der Waals surface area contributed by atoms with Crippen LogP contribution in [-0.4, -0.2) is 25.0 Å². The van der Waals surface area contributed by atoms with Gasteiger partial charge in [-0.1, -0.05) is 24.3 Å². The predicted molar refractivity (Wildman–Crippen MR) is 133 cm³/mol. The fourth-order valence-electron chi connectivity index (χ4n) is 5.09. The van der Waals surface area contributed by atoms with Gasteiger partial charge in [0.05, 0.1) is 25.2 Å². The molecule has 0 fully saturated rings. The third-order valence-corrected chi connectivity index (χ3v) is 6.90. The second-order valence-electron chi connectivity index (χ2n) is 9.55. The lowest BCUT2D eigenvalue weighted by atomic mass is 9.84. The molecule has 36 heavy (non-hydrogen) atoms. The van der Waals surface area contributed by atoms with Crippen molar-refractivity contribution in [2.24, 2.45) is 0 Å².